The summed E-state index contributed by atoms with van der Waals surface area (Å²) in [5, 5.41) is 3.79. The Morgan fingerprint density at radius 2 is 1.96 bits per heavy atom. The van der Waals surface area contributed by atoms with E-state index in [2.05, 4.69) is 11.4 Å². The summed E-state index contributed by atoms with van der Waals surface area (Å²) in [5.74, 6) is -0.0989. The van der Waals surface area contributed by atoms with Gasteiger partial charge in [0.25, 0.3) is 0 Å². The zero-order valence-electron chi connectivity index (χ0n) is 13.1. The molecule has 1 amide bonds. The summed E-state index contributed by atoms with van der Waals surface area (Å²) in [6.07, 6.45) is 2.93. The second-order valence-corrected chi connectivity index (χ2v) is 6.14. The van der Waals surface area contributed by atoms with Crippen molar-refractivity contribution in [2.24, 2.45) is 0 Å². The lowest BCUT2D eigenvalue weighted by molar-refractivity contribution is -0.117. The highest BCUT2D eigenvalue weighted by atomic mass is 16.4. The largest absolute Gasteiger partial charge is 0.423 e. The minimum absolute atomic E-state index is 0.0129. The quantitative estimate of drug-likeness (QED) is 0.730. The number of hydrogen-bond donors (Lipinski definition) is 1. The number of carbonyl (C=O) groups is 1. The molecule has 24 heavy (non-hydrogen) atoms. The monoisotopic (exact) mass is 319 g/mol. The Labute approximate surface area is 139 Å². The molecule has 2 aromatic carbocycles. The molecular weight excluding hydrogens is 302 g/mol. The summed E-state index contributed by atoms with van der Waals surface area (Å²) in [4.78, 5) is 24.0. The van der Waals surface area contributed by atoms with Crippen LogP contribution in [-0.2, 0) is 11.2 Å². The third kappa shape index (κ3) is 2.71. The van der Waals surface area contributed by atoms with E-state index >= 15 is 0 Å². The highest BCUT2D eigenvalue weighted by Crippen LogP contribution is 2.32. The van der Waals surface area contributed by atoms with Crippen LogP contribution in [0.4, 0.5) is 5.69 Å². The van der Waals surface area contributed by atoms with Crippen LogP contribution in [0.5, 0.6) is 0 Å². The van der Waals surface area contributed by atoms with Gasteiger partial charge in [-0.15, -0.1) is 0 Å². The Balaban J connectivity index is 1.61. The Morgan fingerprint density at radius 3 is 2.88 bits per heavy atom. The number of anilines is 1. The molecule has 0 saturated carbocycles. The van der Waals surface area contributed by atoms with Crippen molar-refractivity contribution in [2.45, 2.75) is 25.2 Å². The lowest BCUT2D eigenvalue weighted by atomic mass is 9.82. The van der Waals surface area contributed by atoms with Gasteiger partial charge in [0.05, 0.1) is 5.92 Å². The number of hydrogen-bond acceptors (Lipinski definition) is 3. The molecule has 4 rings (SSSR count). The van der Waals surface area contributed by atoms with Gasteiger partial charge in [-0.1, -0.05) is 24.3 Å². The first-order valence-electron chi connectivity index (χ1n) is 8.13. The highest BCUT2D eigenvalue weighted by Gasteiger charge is 2.26. The molecule has 3 aromatic rings. The van der Waals surface area contributed by atoms with Crippen LogP contribution in [0, 0.1) is 0 Å². The number of benzene rings is 2. The van der Waals surface area contributed by atoms with Crippen LogP contribution in [0.1, 0.15) is 29.9 Å². The average molecular weight is 319 g/mol. The second kappa shape index (κ2) is 5.96. The smallest absolute Gasteiger partial charge is 0.336 e. The zero-order valence-corrected chi connectivity index (χ0v) is 13.1. The fourth-order valence-corrected chi connectivity index (χ4v) is 3.41. The summed E-state index contributed by atoms with van der Waals surface area (Å²) in [5.41, 5.74) is 3.25. The molecule has 1 unspecified atom stereocenters. The maximum atomic E-state index is 12.7. The number of carbonyl (C=O) groups excluding carboxylic acids is 1. The van der Waals surface area contributed by atoms with E-state index in [1.807, 2.05) is 24.3 Å². The maximum Gasteiger partial charge on any atom is 0.336 e. The normalized spacial score (nSPS) is 16.6. The van der Waals surface area contributed by atoms with Gasteiger partial charge < -0.3 is 9.73 Å². The summed E-state index contributed by atoms with van der Waals surface area (Å²) in [6, 6.07) is 16.5. The van der Waals surface area contributed by atoms with Crippen molar-refractivity contribution >= 4 is 22.6 Å². The van der Waals surface area contributed by atoms with E-state index in [9.17, 15) is 9.59 Å². The fraction of sp³-hybridized carbons (Fsp3) is 0.200. The molecule has 0 spiro atoms. The topological polar surface area (TPSA) is 59.3 Å². The third-order valence-corrected chi connectivity index (χ3v) is 4.57. The molecule has 1 aliphatic carbocycles. The third-order valence-electron chi connectivity index (χ3n) is 4.57. The van der Waals surface area contributed by atoms with Crippen LogP contribution in [0.2, 0.25) is 0 Å². The van der Waals surface area contributed by atoms with E-state index in [4.69, 9.17) is 4.42 Å². The fourth-order valence-electron chi connectivity index (χ4n) is 3.41. The second-order valence-electron chi connectivity index (χ2n) is 6.14. The van der Waals surface area contributed by atoms with Gasteiger partial charge in [-0.25, -0.2) is 4.79 Å². The van der Waals surface area contributed by atoms with Crippen LogP contribution in [0.3, 0.4) is 0 Å². The molecule has 1 heterocycles. The van der Waals surface area contributed by atoms with Crippen molar-refractivity contribution in [2.75, 3.05) is 5.32 Å². The standard InChI is InChI=1S/C20H17NO3/c22-19-11-8-14-12-15(9-10-18(14)24-19)21-20(23)17-7-3-5-13-4-1-2-6-16(13)17/h1-2,4,6,8-12,17H,3,5,7H2,(H,21,23). The minimum atomic E-state index is -0.377. The molecule has 0 saturated heterocycles. The predicted molar refractivity (Wildman–Crippen MR) is 93.2 cm³/mol. The Hall–Kier alpha value is -2.88. The van der Waals surface area contributed by atoms with E-state index in [1.54, 1.807) is 18.2 Å². The van der Waals surface area contributed by atoms with E-state index < -0.39 is 0 Å². The number of aryl methyl sites for hydroxylation is 1. The van der Waals surface area contributed by atoms with Crippen LogP contribution >= 0.6 is 0 Å². The maximum absolute atomic E-state index is 12.7. The molecule has 4 heteroatoms. The molecule has 1 N–H and O–H groups in total. The van der Waals surface area contributed by atoms with Gasteiger partial charge in [-0.3, -0.25) is 4.79 Å². The van der Waals surface area contributed by atoms with E-state index in [1.165, 1.54) is 11.6 Å². The number of fused-ring (bicyclic) bond motifs is 2. The van der Waals surface area contributed by atoms with E-state index in [0.29, 0.717) is 11.3 Å². The van der Waals surface area contributed by atoms with Crippen LogP contribution < -0.4 is 10.9 Å². The molecule has 4 nitrogen and oxygen atoms in total. The summed E-state index contributed by atoms with van der Waals surface area (Å²) < 4.78 is 5.12. The van der Waals surface area contributed by atoms with Gasteiger partial charge >= 0.3 is 5.63 Å². The Kier molecular flexibility index (Phi) is 3.65. The van der Waals surface area contributed by atoms with Crippen molar-refractivity contribution in [1.29, 1.82) is 0 Å². The van der Waals surface area contributed by atoms with Crippen LogP contribution in [0.15, 0.2) is 63.8 Å². The first-order valence-corrected chi connectivity index (χ1v) is 8.13. The summed E-state index contributed by atoms with van der Waals surface area (Å²) >= 11 is 0. The molecule has 120 valence electrons. The van der Waals surface area contributed by atoms with Crippen LogP contribution in [-0.4, -0.2) is 5.91 Å². The zero-order chi connectivity index (χ0) is 16.5. The first-order chi connectivity index (χ1) is 11.7. The summed E-state index contributed by atoms with van der Waals surface area (Å²) in [6.45, 7) is 0. The highest BCUT2D eigenvalue weighted by molar-refractivity contribution is 5.97. The SMILES string of the molecule is O=C(Nc1ccc2oc(=O)ccc2c1)C1CCCc2ccccc21. The molecule has 0 bridgehead atoms. The van der Waals surface area contributed by atoms with Crippen molar-refractivity contribution < 1.29 is 9.21 Å². The molecule has 1 atom stereocenters. The van der Waals surface area contributed by atoms with Gasteiger partial charge in [-0.05, 0) is 54.7 Å². The van der Waals surface area contributed by atoms with Crippen molar-refractivity contribution in [3.63, 3.8) is 0 Å². The van der Waals surface area contributed by atoms with Gasteiger partial charge in [-0.2, -0.15) is 0 Å². The molecular formula is C20H17NO3. The van der Waals surface area contributed by atoms with Gasteiger partial charge in [0.1, 0.15) is 5.58 Å². The van der Waals surface area contributed by atoms with Crippen molar-refractivity contribution in [1.82, 2.24) is 0 Å². The van der Waals surface area contributed by atoms with Gasteiger partial charge in [0.15, 0.2) is 0 Å². The van der Waals surface area contributed by atoms with Gasteiger partial charge in [0, 0.05) is 17.1 Å². The van der Waals surface area contributed by atoms with Crippen molar-refractivity contribution in [3.05, 3.63) is 76.1 Å². The van der Waals surface area contributed by atoms with E-state index in [0.717, 1.165) is 30.2 Å². The number of nitrogens with one attached hydrogen (secondary N) is 1. The average Bonchev–Trinajstić information content (AvgIpc) is 2.61. The predicted octanol–water partition coefficient (Wildman–Crippen LogP) is 3.85. The van der Waals surface area contributed by atoms with Crippen molar-refractivity contribution in [3.8, 4) is 0 Å². The molecule has 0 fully saturated rings. The van der Waals surface area contributed by atoms with Crippen LogP contribution in [0.25, 0.3) is 11.0 Å². The number of amides is 1. The minimum Gasteiger partial charge on any atom is -0.423 e. The molecule has 1 aliphatic rings. The molecule has 0 aliphatic heterocycles. The Bertz CT molecular complexity index is 974. The first kappa shape index (κ1) is 14.7. The van der Waals surface area contributed by atoms with Gasteiger partial charge in [0.2, 0.25) is 5.91 Å². The molecule has 0 radical (unpaired) electrons. The summed E-state index contributed by atoms with van der Waals surface area (Å²) in [7, 11) is 0. The lowest BCUT2D eigenvalue weighted by Crippen LogP contribution is -2.24. The lowest BCUT2D eigenvalue weighted by Gasteiger charge is -2.24. The Morgan fingerprint density at radius 1 is 1.08 bits per heavy atom. The molecule has 1 aromatic heterocycles. The van der Waals surface area contributed by atoms with E-state index in [-0.39, 0.29) is 17.5 Å². The number of rotatable bonds is 2.